The number of carbonyl (C=O) groups is 1. The van der Waals surface area contributed by atoms with Gasteiger partial charge in [0.1, 0.15) is 16.9 Å². The van der Waals surface area contributed by atoms with Crippen LogP contribution in [0, 0.1) is 3.57 Å². The highest BCUT2D eigenvalue weighted by Gasteiger charge is 2.13. The van der Waals surface area contributed by atoms with E-state index in [-0.39, 0.29) is 11.4 Å². The Morgan fingerprint density at radius 3 is 2.76 bits per heavy atom. The molecule has 2 aromatic rings. The normalized spacial score (nSPS) is 10.6. The quantitative estimate of drug-likeness (QED) is 0.569. The molecule has 0 aliphatic carbocycles. The molecule has 0 aliphatic heterocycles. The maximum Gasteiger partial charge on any atom is 0.305 e. The largest absolute Gasteiger partial charge is 0.496 e. The lowest BCUT2D eigenvalue weighted by Gasteiger charge is -2.07. The van der Waals surface area contributed by atoms with Crippen LogP contribution in [0.3, 0.4) is 0 Å². The van der Waals surface area contributed by atoms with Crippen LogP contribution in [0.1, 0.15) is 18.6 Å². The van der Waals surface area contributed by atoms with E-state index in [4.69, 9.17) is 9.15 Å². The minimum Gasteiger partial charge on any atom is -0.496 e. The van der Waals surface area contributed by atoms with Gasteiger partial charge in [0.15, 0.2) is 11.0 Å². The molecule has 1 aromatic carbocycles. The minimum atomic E-state index is -0.269. The highest BCUT2D eigenvalue weighted by atomic mass is 127. The van der Waals surface area contributed by atoms with Crippen molar-refractivity contribution in [3.8, 4) is 5.75 Å². The van der Waals surface area contributed by atoms with Crippen LogP contribution < -0.4 is 10.2 Å². The lowest BCUT2D eigenvalue weighted by Crippen LogP contribution is -2.06. The fourth-order valence-corrected chi connectivity index (χ4v) is 2.61. The Kier molecular flexibility index (Phi) is 5.22. The summed E-state index contributed by atoms with van der Waals surface area (Å²) >= 11 is 2.12. The number of halogens is 1. The highest BCUT2D eigenvalue weighted by molar-refractivity contribution is 14.1. The number of hydrogen-bond donors (Lipinski definition) is 0. The number of esters is 1. The first-order chi connectivity index (χ1) is 10.1. The molecule has 0 radical (unpaired) electrons. The maximum absolute atomic E-state index is 12.2. The lowest BCUT2D eigenvalue weighted by molar-refractivity contribution is -0.140. The molecule has 2 rings (SSSR count). The minimum absolute atomic E-state index is 0.139. The molecule has 0 N–H and O–H groups in total. The van der Waals surface area contributed by atoms with E-state index in [2.05, 4.69) is 27.3 Å². The van der Waals surface area contributed by atoms with Gasteiger partial charge in [-0.2, -0.15) is 0 Å². The number of hydrogen-bond acceptors (Lipinski definition) is 5. The Bertz CT molecular complexity index is 720. The van der Waals surface area contributed by atoms with Crippen molar-refractivity contribution >= 4 is 39.5 Å². The average molecular weight is 402 g/mol. The van der Waals surface area contributed by atoms with Crippen LogP contribution in [0.25, 0.3) is 11.0 Å². The molecular formula is C15H15IO5. The number of aryl methyl sites for hydroxylation is 1. The zero-order valence-electron chi connectivity index (χ0n) is 11.8. The van der Waals surface area contributed by atoms with Crippen molar-refractivity contribution in [1.82, 2.24) is 0 Å². The van der Waals surface area contributed by atoms with Crippen molar-refractivity contribution in [2.45, 2.75) is 19.3 Å². The Morgan fingerprint density at radius 2 is 2.10 bits per heavy atom. The highest BCUT2D eigenvalue weighted by Crippen LogP contribution is 2.27. The van der Waals surface area contributed by atoms with Crippen molar-refractivity contribution in [3.05, 3.63) is 37.8 Å². The van der Waals surface area contributed by atoms with Crippen LogP contribution in [-0.2, 0) is 16.0 Å². The molecule has 112 valence electrons. The molecule has 0 fully saturated rings. The number of methoxy groups -OCH3 is 2. The predicted molar refractivity (Wildman–Crippen MR) is 86.7 cm³/mol. The van der Waals surface area contributed by atoms with Crippen LogP contribution in [-0.4, -0.2) is 20.2 Å². The number of rotatable bonds is 5. The fraction of sp³-hybridized carbons (Fsp3) is 0.333. The molecule has 1 heterocycles. The third-order valence-corrected chi connectivity index (χ3v) is 3.94. The summed E-state index contributed by atoms with van der Waals surface area (Å²) in [5.74, 6) is 0.789. The summed E-state index contributed by atoms with van der Waals surface area (Å²) in [5.41, 5.74) is 0.384. The van der Waals surface area contributed by atoms with Crippen LogP contribution in [0.5, 0.6) is 5.75 Å². The van der Waals surface area contributed by atoms with Crippen LogP contribution in [0.15, 0.2) is 27.4 Å². The lowest BCUT2D eigenvalue weighted by atomic mass is 10.1. The number of benzene rings is 1. The van der Waals surface area contributed by atoms with Crippen LogP contribution in [0.2, 0.25) is 0 Å². The number of ether oxygens (including phenoxy) is 2. The Balaban J connectivity index is 2.34. The molecule has 5 nitrogen and oxygen atoms in total. The summed E-state index contributed by atoms with van der Waals surface area (Å²) in [7, 11) is 2.87. The molecule has 0 atom stereocenters. The van der Waals surface area contributed by atoms with Crippen molar-refractivity contribution in [1.29, 1.82) is 0 Å². The molecule has 1 aromatic heterocycles. The van der Waals surface area contributed by atoms with E-state index >= 15 is 0 Å². The van der Waals surface area contributed by atoms with E-state index in [1.165, 1.54) is 20.3 Å². The van der Waals surface area contributed by atoms with Gasteiger partial charge in [0.2, 0.25) is 0 Å². The van der Waals surface area contributed by atoms with Gasteiger partial charge in [0, 0.05) is 18.9 Å². The predicted octanol–water partition coefficient (Wildman–Crippen LogP) is 2.90. The van der Waals surface area contributed by atoms with E-state index in [9.17, 15) is 9.59 Å². The monoisotopic (exact) mass is 402 g/mol. The number of carbonyl (C=O) groups excluding carboxylic acids is 1. The average Bonchev–Trinajstić information content (AvgIpc) is 2.48. The second-order valence-electron chi connectivity index (χ2n) is 4.46. The van der Waals surface area contributed by atoms with Crippen molar-refractivity contribution in [3.63, 3.8) is 0 Å². The van der Waals surface area contributed by atoms with E-state index < -0.39 is 0 Å². The van der Waals surface area contributed by atoms with Gasteiger partial charge in [-0.15, -0.1) is 0 Å². The van der Waals surface area contributed by atoms with Crippen LogP contribution in [0.4, 0.5) is 0 Å². The zero-order chi connectivity index (χ0) is 15.4. The summed E-state index contributed by atoms with van der Waals surface area (Å²) in [6, 6.07) is 5.04. The van der Waals surface area contributed by atoms with Gasteiger partial charge >= 0.3 is 5.97 Å². The van der Waals surface area contributed by atoms with E-state index in [0.717, 1.165) is 3.57 Å². The fourth-order valence-electron chi connectivity index (χ4n) is 2.05. The van der Waals surface area contributed by atoms with E-state index in [1.54, 1.807) is 6.07 Å². The SMILES string of the molecule is COC(=O)CCCc1cc(=O)c2c(OC)ccc(I)c2o1. The summed E-state index contributed by atoms with van der Waals surface area (Å²) in [6.45, 7) is 0. The molecule has 0 aliphatic rings. The number of fused-ring (bicyclic) bond motifs is 1. The van der Waals surface area contributed by atoms with Gasteiger partial charge in [0.25, 0.3) is 0 Å². The molecule has 0 amide bonds. The molecule has 0 saturated heterocycles. The zero-order valence-corrected chi connectivity index (χ0v) is 13.9. The first kappa shape index (κ1) is 15.8. The molecule has 6 heteroatoms. The molecule has 0 spiro atoms. The molecule has 0 bridgehead atoms. The van der Waals surface area contributed by atoms with Gasteiger partial charge in [-0.25, -0.2) is 0 Å². The van der Waals surface area contributed by atoms with Gasteiger partial charge in [-0.3, -0.25) is 9.59 Å². The van der Waals surface area contributed by atoms with E-state index in [1.807, 2.05) is 6.07 Å². The van der Waals surface area contributed by atoms with Crippen molar-refractivity contribution in [2.75, 3.05) is 14.2 Å². The summed E-state index contributed by atoms with van der Waals surface area (Å²) < 4.78 is 16.4. The first-order valence-electron chi connectivity index (χ1n) is 6.43. The summed E-state index contributed by atoms with van der Waals surface area (Å²) in [5, 5.41) is 0.445. The Morgan fingerprint density at radius 1 is 1.33 bits per heavy atom. The topological polar surface area (TPSA) is 65.7 Å². The third-order valence-electron chi connectivity index (χ3n) is 3.09. The van der Waals surface area contributed by atoms with Crippen molar-refractivity contribution < 1.29 is 18.7 Å². The maximum atomic E-state index is 12.2. The van der Waals surface area contributed by atoms with Gasteiger partial charge in [0.05, 0.1) is 17.8 Å². The van der Waals surface area contributed by atoms with Crippen molar-refractivity contribution in [2.24, 2.45) is 0 Å². The van der Waals surface area contributed by atoms with E-state index in [0.29, 0.717) is 41.7 Å². The molecule has 0 saturated carbocycles. The van der Waals surface area contributed by atoms with Crippen LogP contribution >= 0.6 is 22.6 Å². The second-order valence-corrected chi connectivity index (χ2v) is 5.62. The third kappa shape index (κ3) is 3.55. The van der Waals surface area contributed by atoms with Gasteiger partial charge in [-0.1, -0.05) is 0 Å². The molecule has 0 unspecified atom stereocenters. The standard InChI is InChI=1S/C15H15IO5/c1-19-12-7-6-10(16)15-14(12)11(17)8-9(21-15)4-3-5-13(18)20-2/h6-8H,3-5H2,1-2H3. The summed E-state index contributed by atoms with van der Waals surface area (Å²) in [6.07, 6.45) is 1.38. The summed E-state index contributed by atoms with van der Waals surface area (Å²) in [4.78, 5) is 23.3. The smallest absolute Gasteiger partial charge is 0.305 e. The Hall–Kier alpha value is -1.57. The first-order valence-corrected chi connectivity index (χ1v) is 7.50. The second kappa shape index (κ2) is 6.93. The van der Waals surface area contributed by atoms with Gasteiger partial charge in [-0.05, 0) is 41.1 Å². The Labute approximate surface area is 135 Å². The van der Waals surface area contributed by atoms with Gasteiger partial charge < -0.3 is 13.9 Å². The molecular weight excluding hydrogens is 387 g/mol. The molecule has 21 heavy (non-hydrogen) atoms.